The van der Waals surface area contributed by atoms with Crippen LogP contribution in [0.4, 0.5) is 8.78 Å². The van der Waals surface area contributed by atoms with Gasteiger partial charge in [-0.3, -0.25) is 25.2 Å². The summed E-state index contributed by atoms with van der Waals surface area (Å²) in [5.41, 5.74) is 4.37. The zero-order chi connectivity index (χ0) is 23.1. The minimum Gasteiger partial charge on any atom is -0.434 e. The van der Waals surface area contributed by atoms with E-state index >= 15 is 0 Å². The number of hydrogen-bond donors (Lipinski definition) is 2. The molecule has 3 rings (SSSR count). The Bertz CT molecular complexity index is 1220. The molecule has 0 spiro atoms. The molecule has 10 heteroatoms. The molecule has 3 aromatic rings. The van der Waals surface area contributed by atoms with Crippen LogP contribution in [0.2, 0.25) is 0 Å². The minimum atomic E-state index is -3.00. The number of alkyl halides is 2. The maximum Gasteiger partial charge on any atom is 0.387 e. The van der Waals surface area contributed by atoms with Crippen LogP contribution in [0.1, 0.15) is 29.4 Å². The first kappa shape index (κ1) is 22.6. The number of rotatable bonds is 7. The zero-order valence-electron chi connectivity index (χ0n) is 17.0. The first-order valence-corrected chi connectivity index (χ1v) is 9.72. The molecule has 1 heterocycles. The van der Waals surface area contributed by atoms with Gasteiger partial charge in [0.05, 0.1) is 5.39 Å². The van der Waals surface area contributed by atoms with Crippen LogP contribution in [0.15, 0.2) is 59.4 Å². The summed E-state index contributed by atoms with van der Waals surface area (Å²) in [7, 11) is 0. The van der Waals surface area contributed by atoms with Crippen molar-refractivity contribution in [3.63, 3.8) is 0 Å². The van der Waals surface area contributed by atoms with Gasteiger partial charge in [-0.25, -0.2) is 4.68 Å². The van der Waals surface area contributed by atoms with Crippen molar-refractivity contribution in [1.82, 2.24) is 20.6 Å². The molecule has 0 aliphatic heterocycles. The van der Waals surface area contributed by atoms with Gasteiger partial charge in [0.25, 0.3) is 17.4 Å². The van der Waals surface area contributed by atoms with Gasteiger partial charge < -0.3 is 4.74 Å². The van der Waals surface area contributed by atoms with Crippen molar-refractivity contribution in [2.45, 2.75) is 26.5 Å². The second kappa shape index (κ2) is 10.3. The van der Waals surface area contributed by atoms with E-state index in [1.165, 1.54) is 29.0 Å². The van der Waals surface area contributed by atoms with Gasteiger partial charge in [-0.1, -0.05) is 43.3 Å². The number of amides is 2. The lowest BCUT2D eigenvalue weighted by Gasteiger charge is -2.11. The smallest absolute Gasteiger partial charge is 0.387 e. The second-order valence-corrected chi connectivity index (χ2v) is 6.62. The fraction of sp³-hybridized carbons (Fsp3) is 0.182. The van der Waals surface area contributed by atoms with Gasteiger partial charge in [0.2, 0.25) is 0 Å². The predicted molar refractivity (Wildman–Crippen MR) is 114 cm³/mol. The first-order valence-electron chi connectivity index (χ1n) is 9.72. The molecule has 0 saturated heterocycles. The number of hydrazine groups is 1. The molecular formula is C22H20F2N4O4. The topological polar surface area (TPSA) is 102 Å². The summed E-state index contributed by atoms with van der Waals surface area (Å²) >= 11 is 0. The summed E-state index contributed by atoms with van der Waals surface area (Å²) in [5.74, 6) is -1.52. The van der Waals surface area contributed by atoms with E-state index in [1.54, 1.807) is 30.3 Å². The van der Waals surface area contributed by atoms with Gasteiger partial charge in [0.1, 0.15) is 5.75 Å². The highest BCUT2D eigenvalue weighted by atomic mass is 19.3. The summed E-state index contributed by atoms with van der Waals surface area (Å²) in [6.07, 6.45) is 2.97. The molecule has 2 amide bonds. The highest BCUT2D eigenvalue weighted by Gasteiger charge is 2.16. The minimum absolute atomic E-state index is 0.0198. The monoisotopic (exact) mass is 442 g/mol. The van der Waals surface area contributed by atoms with Crippen molar-refractivity contribution in [1.29, 1.82) is 0 Å². The summed E-state index contributed by atoms with van der Waals surface area (Å²) in [4.78, 5) is 37.3. The van der Waals surface area contributed by atoms with E-state index in [1.807, 2.05) is 6.92 Å². The second-order valence-electron chi connectivity index (χ2n) is 6.62. The summed E-state index contributed by atoms with van der Waals surface area (Å²) in [6.45, 7) is -0.796. The third kappa shape index (κ3) is 5.34. The van der Waals surface area contributed by atoms with Crippen molar-refractivity contribution in [3.05, 3.63) is 76.2 Å². The van der Waals surface area contributed by atoms with Gasteiger partial charge >= 0.3 is 6.61 Å². The number of nitrogens with one attached hydrogen (secondary N) is 2. The summed E-state index contributed by atoms with van der Waals surface area (Å²) in [6, 6.07) is 12.5. The van der Waals surface area contributed by atoms with Crippen molar-refractivity contribution < 1.29 is 23.1 Å². The fourth-order valence-electron chi connectivity index (χ4n) is 2.97. The molecule has 0 aliphatic rings. The van der Waals surface area contributed by atoms with E-state index in [0.29, 0.717) is 23.7 Å². The Morgan fingerprint density at radius 2 is 1.78 bits per heavy atom. The standard InChI is InChI=1S/C22H20F2N4O4/c1-2-13-28-21(31)16-9-5-4-8-15(16)19(27-28)20(30)26-25-18(29)12-11-14-7-3-6-10-17(14)32-22(23)24/h3-12,22H,2,13H2,1H3,(H,25,29)(H,26,30)/b12-11+. The van der Waals surface area contributed by atoms with Crippen molar-refractivity contribution in [2.24, 2.45) is 0 Å². The fourth-order valence-corrected chi connectivity index (χ4v) is 2.97. The van der Waals surface area contributed by atoms with E-state index in [2.05, 4.69) is 20.7 Å². The number of para-hydroxylation sites is 1. The average molecular weight is 442 g/mol. The predicted octanol–water partition coefficient (Wildman–Crippen LogP) is 2.88. The van der Waals surface area contributed by atoms with E-state index in [4.69, 9.17) is 0 Å². The van der Waals surface area contributed by atoms with Gasteiger partial charge in [0, 0.05) is 23.6 Å². The number of carbonyl (C=O) groups excluding carboxylic acids is 2. The van der Waals surface area contributed by atoms with Crippen LogP contribution in [-0.2, 0) is 11.3 Å². The number of halogens is 2. The van der Waals surface area contributed by atoms with Crippen LogP contribution in [0.5, 0.6) is 5.75 Å². The van der Waals surface area contributed by atoms with Crippen molar-refractivity contribution in [3.8, 4) is 5.75 Å². The SMILES string of the molecule is CCCn1nc(C(=O)NNC(=O)/C=C/c2ccccc2OC(F)F)c2ccccc2c1=O. The van der Waals surface area contributed by atoms with Crippen LogP contribution in [-0.4, -0.2) is 28.2 Å². The van der Waals surface area contributed by atoms with Crippen LogP contribution >= 0.6 is 0 Å². The highest BCUT2D eigenvalue weighted by Crippen LogP contribution is 2.21. The van der Waals surface area contributed by atoms with Crippen LogP contribution in [0.3, 0.4) is 0 Å². The molecule has 166 valence electrons. The van der Waals surface area contributed by atoms with E-state index in [9.17, 15) is 23.2 Å². The number of nitrogens with zero attached hydrogens (tertiary/aromatic N) is 2. The first-order chi connectivity index (χ1) is 15.4. The largest absolute Gasteiger partial charge is 0.434 e. The maximum absolute atomic E-state index is 12.6. The summed E-state index contributed by atoms with van der Waals surface area (Å²) < 4.78 is 30.6. The zero-order valence-corrected chi connectivity index (χ0v) is 17.0. The molecule has 2 N–H and O–H groups in total. The molecule has 1 aromatic heterocycles. The molecule has 8 nitrogen and oxygen atoms in total. The Hall–Kier alpha value is -4.08. The van der Waals surface area contributed by atoms with Crippen molar-refractivity contribution >= 4 is 28.7 Å². The van der Waals surface area contributed by atoms with Gasteiger partial charge in [-0.15, -0.1) is 0 Å². The maximum atomic E-state index is 12.6. The third-order valence-electron chi connectivity index (χ3n) is 4.37. The molecule has 32 heavy (non-hydrogen) atoms. The Morgan fingerprint density at radius 3 is 2.50 bits per heavy atom. The lowest BCUT2D eigenvalue weighted by atomic mass is 10.1. The molecule has 2 aromatic carbocycles. The quantitative estimate of drug-likeness (QED) is 0.433. The molecule has 0 saturated carbocycles. The Balaban J connectivity index is 1.75. The van der Waals surface area contributed by atoms with Crippen molar-refractivity contribution in [2.75, 3.05) is 0 Å². The number of fused-ring (bicyclic) bond motifs is 1. The van der Waals surface area contributed by atoms with Crippen LogP contribution in [0, 0.1) is 0 Å². The van der Waals surface area contributed by atoms with E-state index in [0.717, 1.165) is 6.08 Å². The Labute approximate surface area is 181 Å². The number of aryl methyl sites for hydroxylation is 1. The molecule has 0 unspecified atom stereocenters. The Kier molecular flexibility index (Phi) is 7.27. The molecule has 0 radical (unpaired) electrons. The van der Waals surface area contributed by atoms with E-state index in [-0.39, 0.29) is 22.6 Å². The molecule has 0 fully saturated rings. The number of ether oxygens (including phenoxy) is 1. The van der Waals surface area contributed by atoms with E-state index < -0.39 is 18.4 Å². The molecular weight excluding hydrogens is 422 g/mol. The highest BCUT2D eigenvalue weighted by molar-refractivity contribution is 6.05. The van der Waals surface area contributed by atoms with Gasteiger partial charge in [-0.05, 0) is 24.6 Å². The van der Waals surface area contributed by atoms with Crippen LogP contribution < -0.4 is 21.1 Å². The average Bonchev–Trinajstić information content (AvgIpc) is 2.78. The molecule has 0 aliphatic carbocycles. The number of carbonyl (C=O) groups is 2. The number of benzene rings is 2. The summed E-state index contributed by atoms with van der Waals surface area (Å²) in [5, 5.41) is 4.82. The number of hydrogen-bond acceptors (Lipinski definition) is 5. The third-order valence-corrected chi connectivity index (χ3v) is 4.37. The Morgan fingerprint density at radius 1 is 1.09 bits per heavy atom. The molecule has 0 bridgehead atoms. The lowest BCUT2D eigenvalue weighted by molar-refractivity contribution is -0.117. The van der Waals surface area contributed by atoms with Crippen LogP contribution in [0.25, 0.3) is 16.8 Å². The van der Waals surface area contributed by atoms with Gasteiger partial charge in [0.15, 0.2) is 5.69 Å². The lowest BCUT2D eigenvalue weighted by Crippen LogP contribution is -2.42. The molecule has 0 atom stereocenters. The number of aromatic nitrogens is 2. The van der Waals surface area contributed by atoms with Gasteiger partial charge in [-0.2, -0.15) is 13.9 Å². The normalized spacial score (nSPS) is 11.1.